The minimum atomic E-state index is -0.289. The summed E-state index contributed by atoms with van der Waals surface area (Å²) in [6, 6.07) is 14.8. The maximum absolute atomic E-state index is 12.6. The molecular formula is C23H25N5O3. The molecule has 4 aromatic rings. The van der Waals surface area contributed by atoms with Crippen LogP contribution in [0.3, 0.4) is 0 Å². The zero-order chi connectivity index (χ0) is 21.8. The Morgan fingerprint density at radius 3 is 2.65 bits per heavy atom. The summed E-state index contributed by atoms with van der Waals surface area (Å²) in [4.78, 5) is 34.2. The number of carbonyl (C=O) groups is 1. The molecule has 2 aromatic carbocycles. The Hall–Kier alpha value is -3.52. The number of rotatable bonds is 8. The van der Waals surface area contributed by atoms with Gasteiger partial charge in [-0.25, -0.2) is 9.97 Å². The molecule has 8 heteroatoms. The summed E-state index contributed by atoms with van der Waals surface area (Å²) < 4.78 is 8.78. The van der Waals surface area contributed by atoms with Crippen LogP contribution in [0.1, 0.15) is 25.2 Å². The molecule has 0 aliphatic rings. The Kier molecular flexibility index (Phi) is 6.08. The molecule has 1 amide bonds. The highest BCUT2D eigenvalue weighted by Gasteiger charge is 2.18. The van der Waals surface area contributed by atoms with E-state index in [9.17, 15) is 9.59 Å². The predicted octanol–water partition coefficient (Wildman–Crippen LogP) is 2.66. The average molecular weight is 419 g/mol. The summed E-state index contributed by atoms with van der Waals surface area (Å²) in [5.74, 6) is 0.619. The predicted molar refractivity (Wildman–Crippen MR) is 119 cm³/mol. The van der Waals surface area contributed by atoms with Crippen molar-refractivity contribution in [3.63, 3.8) is 0 Å². The number of methoxy groups -OCH3 is 1. The molecule has 2 aromatic heterocycles. The third kappa shape index (κ3) is 4.34. The van der Waals surface area contributed by atoms with Crippen molar-refractivity contribution in [2.24, 2.45) is 0 Å². The second kappa shape index (κ2) is 9.09. The summed E-state index contributed by atoms with van der Waals surface area (Å²) in [5, 5.41) is 3.55. The van der Waals surface area contributed by atoms with E-state index in [1.165, 1.54) is 10.9 Å². The number of hydrogen-bond acceptors (Lipinski definition) is 5. The van der Waals surface area contributed by atoms with Crippen LogP contribution in [-0.4, -0.2) is 38.7 Å². The van der Waals surface area contributed by atoms with Crippen molar-refractivity contribution in [1.29, 1.82) is 0 Å². The van der Waals surface area contributed by atoms with E-state index >= 15 is 0 Å². The van der Waals surface area contributed by atoms with Crippen LogP contribution in [0.5, 0.6) is 0 Å². The van der Waals surface area contributed by atoms with Gasteiger partial charge < -0.3 is 14.6 Å². The van der Waals surface area contributed by atoms with Gasteiger partial charge in [0, 0.05) is 26.6 Å². The molecule has 0 aliphatic carbocycles. The van der Waals surface area contributed by atoms with Crippen LogP contribution in [0, 0.1) is 0 Å². The minimum absolute atomic E-state index is 0.146. The molecule has 0 spiro atoms. The van der Waals surface area contributed by atoms with Crippen molar-refractivity contribution < 1.29 is 9.53 Å². The Morgan fingerprint density at radius 1 is 1.10 bits per heavy atom. The highest BCUT2D eigenvalue weighted by atomic mass is 16.5. The highest BCUT2D eigenvalue weighted by molar-refractivity contribution is 5.78. The van der Waals surface area contributed by atoms with Crippen LogP contribution in [0.4, 0.5) is 0 Å². The molecule has 0 saturated heterocycles. The van der Waals surface area contributed by atoms with Gasteiger partial charge in [0.2, 0.25) is 5.91 Å². The minimum Gasteiger partial charge on any atom is -0.383 e. The largest absolute Gasteiger partial charge is 0.383 e. The van der Waals surface area contributed by atoms with Gasteiger partial charge in [0.05, 0.1) is 40.9 Å². The molecule has 160 valence electrons. The fourth-order valence-corrected chi connectivity index (χ4v) is 3.71. The number of amides is 1. The molecule has 0 radical (unpaired) electrons. The summed E-state index contributed by atoms with van der Waals surface area (Å²) >= 11 is 0. The number of hydrogen-bond donors (Lipinski definition) is 1. The summed E-state index contributed by atoms with van der Waals surface area (Å²) in [6.07, 6.45) is 1.66. The number of fused-ring (bicyclic) bond motifs is 2. The number of nitrogens with one attached hydrogen (secondary N) is 1. The summed E-state index contributed by atoms with van der Waals surface area (Å²) in [7, 11) is 1.66. The number of ether oxygens (including phenoxy) is 1. The molecule has 0 saturated carbocycles. The van der Waals surface area contributed by atoms with Gasteiger partial charge >= 0.3 is 0 Å². The maximum Gasteiger partial charge on any atom is 0.261 e. The SMILES string of the molecule is COCCn1c(C(C)NC(=O)CCn2cnc3ccccc3c2=O)nc2ccccc21. The average Bonchev–Trinajstić information content (AvgIpc) is 3.16. The topological polar surface area (TPSA) is 91.0 Å². The van der Waals surface area contributed by atoms with Gasteiger partial charge in [0.1, 0.15) is 5.82 Å². The maximum atomic E-state index is 12.6. The fourth-order valence-electron chi connectivity index (χ4n) is 3.71. The van der Waals surface area contributed by atoms with Gasteiger partial charge in [-0.15, -0.1) is 0 Å². The zero-order valence-electron chi connectivity index (χ0n) is 17.6. The van der Waals surface area contributed by atoms with Gasteiger partial charge in [-0.05, 0) is 31.2 Å². The van der Waals surface area contributed by atoms with Crippen molar-refractivity contribution in [3.8, 4) is 0 Å². The van der Waals surface area contributed by atoms with E-state index < -0.39 is 0 Å². The van der Waals surface area contributed by atoms with Crippen LogP contribution < -0.4 is 10.9 Å². The number of aromatic nitrogens is 4. The smallest absolute Gasteiger partial charge is 0.261 e. The molecule has 31 heavy (non-hydrogen) atoms. The summed E-state index contributed by atoms with van der Waals surface area (Å²) in [6.45, 7) is 3.36. The number of carbonyl (C=O) groups excluding carboxylic acids is 1. The van der Waals surface area contributed by atoms with Crippen LogP contribution in [0.2, 0.25) is 0 Å². The monoisotopic (exact) mass is 419 g/mol. The van der Waals surface area contributed by atoms with Gasteiger partial charge in [-0.2, -0.15) is 0 Å². The Labute approximate surface area is 179 Å². The van der Waals surface area contributed by atoms with E-state index in [4.69, 9.17) is 9.72 Å². The van der Waals surface area contributed by atoms with Crippen molar-refractivity contribution in [1.82, 2.24) is 24.4 Å². The van der Waals surface area contributed by atoms with Crippen molar-refractivity contribution in [3.05, 3.63) is 71.0 Å². The van der Waals surface area contributed by atoms with Crippen LogP contribution in [-0.2, 0) is 22.6 Å². The first-order valence-electron chi connectivity index (χ1n) is 10.3. The first-order chi connectivity index (χ1) is 15.1. The number of aryl methyl sites for hydroxylation is 1. The van der Waals surface area contributed by atoms with E-state index in [1.807, 2.05) is 37.3 Å². The Morgan fingerprint density at radius 2 is 1.84 bits per heavy atom. The van der Waals surface area contributed by atoms with Crippen LogP contribution in [0.15, 0.2) is 59.7 Å². The fraction of sp³-hybridized carbons (Fsp3) is 0.304. The van der Waals surface area contributed by atoms with Gasteiger partial charge in [0.15, 0.2) is 0 Å². The van der Waals surface area contributed by atoms with E-state index in [1.54, 1.807) is 25.3 Å². The normalized spacial score (nSPS) is 12.3. The van der Waals surface area contributed by atoms with Gasteiger partial charge in [0.25, 0.3) is 5.56 Å². The van der Waals surface area contributed by atoms with Gasteiger partial charge in [-0.1, -0.05) is 24.3 Å². The van der Waals surface area contributed by atoms with E-state index in [0.717, 1.165) is 16.9 Å². The first-order valence-corrected chi connectivity index (χ1v) is 10.3. The second-order valence-corrected chi connectivity index (χ2v) is 7.40. The molecule has 1 unspecified atom stereocenters. The van der Waals surface area contributed by atoms with E-state index in [2.05, 4.69) is 14.9 Å². The molecule has 0 bridgehead atoms. The highest BCUT2D eigenvalue weighted by Crippen LogP contribution is 2.21. The quantitative estimate of drug-likeness (QED) is 0.474. The molecular weight excluding hydrogens is 394 g/mol. The molecule has 2 heterocycles. The number of para-hydroxylation sites is 3. The van der Waals surface area contributed by atoms with E-state index in [0.29, 0.717) is 24.1 Å². The van der Waals surface area contributed by atoms with Crippen molar-refractivity contribution in [2.75, 3.05) is 13.7 Å². The lowest BCUT2D eigenvalue weighted by atomic mass is 10.2. The number of nitrogens with zero attached hydrogens (tertiary/aromatic N) is 4. The van der Waals surface area contributed by atoms with Crippen molar-refractivity contribution >= 4 is 27.8 Å². The second-order valence-electron chi connectivity index (χ2n) is 7.40. The molecule has 1 atom stereocenters. The molecule has 4 rings (SSSR count). The Balaban J connectivity index is 1.47. The lowest BCUT2D eigenvalue weighted by Crippen LogP contribution is -2.31. The van der Waals surface area contributed by atoms with Gasteiger partial charge in [-0.3, -0.25) is 14.2 Å². The molecule has 1 N–H and O–H groups in total. The first kappa shape index (κ1) is 20.7. The van der Waals surface area contributed by atoms with Crippen molar-refractivity contribution in [2.45, 2.75) is 32.5 Å². The lowest BCUT2D eigenvalue weighted by Gasteiger charge is -2.16. The Bertz CT molecular complexity index is 1280. The third-order valence-corrected chi connectivity index (χ3v) is 5.28. The van der Waals surface area contributed by atoms with Crippen LogP contribution >= 0.6 is 0 Å². The number of benzene rings is 2. The molecule has 0 aliphatic heterocycles. The third-order valence-electron chi connectivity index (χ3n) is 5.28. The van der Waals surface area contributed by atoms with E-state index in [-0.39, 0.29) is 30.5 Å². The number of imidazole rings is 1. The lowest BCUT2D eigenvalue weighted by molar-refractivity contribution is -0.122. The molecule has 8 nitrogen and oxygen atoms in total. The molecule has 0 fully saturated rings. The zero-order valence-corrected chi connectivity index (χ0v) is 17.6. The summed E-state index contributed by atoms with van der Waals surface area (Å²) in [5.41, 5.74) is 2.39. The standard InChI is InChI=1S/C23H25N5O3/c1-16(22-26-19-9-5-6-10-20(19)28(22)13-14-31-2)25-21(29)11-12-27-15-24-18-8-4-3-7-17(18)23(27)30/h3-10,15-16H,11-14H2,1-2H3,(H,25,29). The van der Waals surface area contributed by atoms with Crippen LogP contribution in [0.25, 0.3) is 21.9 Å².